The number of aryl methyl sites for hydroxylation is 3. The molecule has 0 aliphatic heterocycles. The molecule has 0 saturated heterocycles. The van der Waals surface area contributed by atoms with Crippen LogP contribution < -0.4 is 10.5 Å². The molecule has 2 aromatic rings. The minimum Gasteiger partial charge on any atom is -0.496 e. The number of thiophene rings is 1. The van der Waals surface area contributed by atoms with Crippen LogP contribution in [0, 0.1) is 20.8 Å². The second-order valence-electron chi connectivity index (χ2n) is 4.61. The highest BCUT2D eigenvalue weighted by Gasteiger charge is 2.14. The Morgan fingerprint density at radius 2 is 1.72 bits per heavy atom. The summed E-state index contributed by atoms with van der Waals surface area (Å²) in [5.41, 5.74) is 9.75. The number of hydrogen-bond acceptors (Lipinski definition) is 3. The van der Waals surface area contributed by atoms with Gasteiger partial charge >= 0.3 is 0 Å². The highest BCUT2D eigenvalue weighted by atomic mass is 32.1. The SMILES string of the molecule is COc1c(C)cc(C(N)c2ccc(C)s2)cc1C. The normalized spacial score (nSPS) is 12.5. The lowest BCUT2D eigenvalue weighted by molar-refractivity contribution is 0.408. The van der Waals surface area contributed by atoms with E-state index < -0.39 is 0 Å². The molecule has 0 saturated carbocycles. The Balaban J connectivity index is 2.40. The number of benzene rings is 1. The van der Waals surface area contributed by atoms with Crippen LogP contribution >= 0.6 is 11.3 Å². The summed E-state index contributed by atoms with van der Waals surface area (Å²) in [6.07, 6.45) is 0. The molecule has 2 rings (SSSR count). The molecule has 18 heavy (non-hydrogen) atoms. The summed E-state index contributed by atoms with van der Waals surface area (Å²) in [6.45, 7) is 6.22. The van der Waals surface area contributed by atoms with Gasteiger partial charge in [-0.15, -0.1) is 11.3 Å². The lowest BCUT2D eigenvalue weighted by Gasteiger charge is -2.15. The number of methoxy groups -OCH3 is 1. The van der Waals surface area contributed by atoms with Gasteiger partial charge in [0.2, 0.25) is 0 Å². The summed E-state index contributed by atoms with van der Waals surface area (Å²) in [6, 6.07) is 8.41. The van der Waals surface area contributed by atoms with Crippen LogP contribution in [0.3, 0.4) is 0 Å². The summed E-state index contributed by atoms with van der Waals surface area (Å²) >= 11 is 1.76. The van der Waals surface area contributed by atoms with Crippen molar-refractivity contribution in [2.75, 3.05) is 7.11 Å². The number of nitrogens with two attached hydrogens (primary N) is 1. The van der Waals surface area contributed by atoms with Crippen LogP contribution in [-0.4, -0.2) is 7.11 Å². The van der Waals surface area contributed by atoms with Crippen molar-refractivity contribution in [3.05, 3.63) is 50.7 Å². The van der Waals surface area contributed by atoms with Crippen LogP contribution in [0.2, 0.25) is 0 Å². The molecule has 1 heterocycles. The first-order chi connectivity index (χ1) is 8.52. The van der Waals surface area contributed by atoms with Gasteiger partial charge in [0, 0.05) is 9.75 Å². The lowest BCUT2D eigenvalue weighted by Crippen LogP contribution is -2.11. The molecule has 0 bridgehead atoms. The maximum Gasteiger partial charge on any atom is 0.124 e. The molecule has 1 aromatic heterocycles. The third kappa shape index (κ3) is 2.42. The Bertz CT molecular complexity index is 536. The Labute approximate surface area is 112 Å². The Morgan fingerprint density at radius 3 is 2.17 bits per heavy atom. The molecule has 0 spiro atoms. The predicted octanol–water partition coefficient (Wildman–Crippen LogP) is 3.73. The van der Waals surface area contributed by atoms with E-state index in [2.05, 4.69) is 45.0 Å². The van der Waals surface area contributed by atoms with Gasteiger partial charge in [0.25, 0.3) is 0 Å². The zero-order chi connectivity index (χ0) is 13.3. The van der Waals surface area contributed by atoms with Gasteiger partial charge in [-0.1, -0.05) is 12.1 Å². The van der Waals surface area contributed by atoms with E-state index in [0.29, 0.717) is 0 Å². The Hall–Kier alpha value is -1.32. The maximum absolute atomic E-state index is 6.33. The first kappa shape index (κ1) is 13.1. The standard InChI is InChI=1S/C15H19NOS/c1-9-7-12(8-10(2)15(9)17-4)14(16)13-6-5-11(3)18-13/h5-8,14H,16H2,1-4H3. The molecule has 3 heteroatoms. The van der Waals surface area contributed by atoms with E-state index in [1.807, 2.05) is 0 Å². The molecule has 2 nitrogen and oxygen atoms in total. The largest absolute Gasteiger partial charge is 0.496 e. The van der Waals surface area contributed by atoms with Crippen LogP contribution in [0.1, 0.15) is 32.5 Å². The monoisotopic (exact) mass is 261 g/mol. The van der Waals surface area contributed by atoms with E-state index in [0.717, 1.165) is 22.4 Å². The van der Waals surface area contributed by atoms with E-state index in [9.17, 15) is 0 Å². The molecule has 96 valence electrons. The molecular weight excluding hydrogens is 242 g/mol. The maximum atomic E-state index is 6.33. The van der Waals surface area contributed by atoms with E-state index in [1.54, 1.807) is 18.4 Å². The quantitative estimate of drug-likeness (QED) is 0.913. The average Bonchev–Trinajstić information content (AvgIpc) is 2.74. The second kappa shape index (κ2) is 5.12. The third-order valence-corrected chi connectivity index (χ3v) is 4.20. The van der Waals surface area contributed by atoms with Gasteiger partial charge in [0.1, 0.15) is 5.75 Å². The van der Waals surface area contributed by atoms with Crippen molar-refractivity contribution in [2.45, 2.75) is 26.8 Å². The molecule has 1 unspecified atom stereocenters. The van der Waals surface area contributed by atoms with Crippen molar-refractivity contribution in [3.63, 3.8) is 0 Å². The summed E-state index contributed by atoms with van der Waals surface area (Å²) < 4.78 is 5.38. The van der Waals surface area contributed by atoms with E-state index in [1.165, 1.54) is 9.75 Å². The minimum atomic E-state index is -0.0491. The summed E-state index contributed by atoms with van der Waals surface area (Å²) in [5, 5.41) is 0. The van der Waals surface area contributed by atoms with Gasteiger partial charge in [-0.05, 0) is 49.6 Å². The second-order valence-corrected chi connectivity index (χ2v) is 5.93. The highest BCUT2D eigenvalue weighted by Crippen LogP contribution is 2.31. The van der Waals surface area contributed by atoms with Gasteiger partial charge in [-0.3, -0.25) is 0 Å². The fraction of sp³-hybridized carbons (Fsp3) is 0.333. The first-order valence-corrected chi connectivity index (χ1v) is 6.81. The van der Waals surface area contributed by atoms with Crippen LogP contribution in [0.5, 0.6) is 5.75 Å². The first-order valence-electron chi connectivity index (χ1n) is 6.00. The van der Waals surface area contributed by atoms with Crippen LogP contribution in [0.25, 0.3) is 0 Å². The smallest absolute Gasteiger partial charge is 0.124 e. The molecule has 0 amide bonds. The van der Waals surface area contributed by atoms with E-state index in [4.69, 9.17) is 10.5 Å². The molecule has 1 atom stereocenters. The fourth-order valence-corrected chi connectivity index (χ4v) is 3.18. The van der Waals surface area contributed by atoms with Crippen LogP contribution in [0.4, 0.5) is 0 Å². The summed E-state index contributed by atoms with van der Waals surface area (Å²) in [7, 11) is 1.71. The lowest BCUT2D eigenvalue weighted by atomic mass is 10.00. The molecule has 0 aliphatic carbocycles. The van der Waals surface area contributed by atoms with Gasteiger partial charge in [-0.2, -0.15) is 0 Å². The van der Waals surface area contributed by atoms with Gasteiger partial charge in [0.05, 0.1) is 13.2 Å². The zero-order valence-corrected chi connectivity index (χ0v) is 12.1. The molecular formula is C15H19NOS. The Morgan fingerprint density at radius 1 is 1.11 bits per heavy atom. The van der Waals surface area contributed by atoms with Gasteiger partial charge in [-0.25, -0.2) is 0 Å². The number of rotatable bonds is 3. The van der Waals surface area contributed by atoms with Crippen LogP contribution in [0.15, 0.2) is 24.3 Å². The van der Waals surface area contributed by atoms with Gasteiger partial charge in [0.15, 0.2) is 0 Å². The topological polar surface area (TPSA) is 35.2 Å². The van der Waals surface area contributed by atoms with Crippen LogP contribution in [-0.2, 0) is 0 Å². The minimum absolute atomic E-state index is 0.0491. The average molecular weight is 261 g/mol. The van der Waals surface area contributed by atoms with Crippen molar-refractivity contribution in [1.82, 2.24) is 0 Å². The number of hydrogen-bond donors (Lipinski definition) is 1. The zero-order valence-electron chi connectivity index (χ0n) is 11.3. The van der Waals surface area contributed by atoms with Crippen molar-refractivity contribution < 1.29 is 4.74 Å². The molecule has 1 aromatic carbocycles. The molecule has 0 aliphatic rings. The summed E-state index contributed by atoms with van der Waals surface area (Å²) in [4.78, 5) is 2.50. The van der Waals surface area contributed by atoms with Crippen molar-refractivity contribution in [3.8, 4) is 5.75 Å². The number of ether oxygens (including phenoxy) is 1. The molecule has 0 fully saturated rings. The van der Waals surface area contributed by atoms with Crippen molar-refractivity contribution >= 4 is 11.3 Å². The third-order valence-electron chi connectivity index (χ3n) is 3.11. The van der Waals surface area contributed by atoms with E-state index >= 15 is 0 Å². The van der Waals surface area contributed by atoms with E-state index in [-0.39, 0.29) is 6.04 Å². The highest BCUT2D eigenvalue weighted by molar-refractivity contribution is 7.12. The van der Waals surface area contributed by atoms with Crippen molar-refractivity contribution in [1.29, 1.82) is 0 Å². The molecule has 0 radical (unpaired) electrons. The Kier molecular flexibility index (Phi) is 3.73. The molecule has 2 N–H and O–H groups in total. The van der Waals surface area contributed by atoms with Gasteiger partial charge < -0.3 is 10.5 Å². The summed E-state index contributed by atoms with van der Waals surface area (Å²) in [5.74, 6) is 0.952. The predicted molar refractivity (Wildman–Crippen MR) is 77.6 cm³/mol. The fourth-order valence-electron chi connectivity index (χ4n) is 2.27. The van der Waals surface area contributed by atoms with Crippen molar-refractivity contribution in [2.24, 2.45) is 5.73 Å².